The number of carbonyl (C=O) groups is 3. The van der Waals surface area contributed by atoms with Crippen LogP contribution in [0.15, 0.2) is 29.8 Å². The van der Waals surface area contributed by atoms with E-state index in [1.54, 1.807) is 18.4 Å². The molecule has 1 aromatic heterocycles. The number of thiazole rings is 1. The molecule has 1 saturated heterocycles. The lowest BCUT2D eigenvalue weighted by Crippen LogP contribution is -2.58. The summed E-state index contributed by atoms with van der Waals surface area (Å²) in [6.07, 6.45) is -0.662. The van der Waals surface area contributed by atoms with Crippen LogP contribution in [0.3, 0.4) is 0 Å². The fourth-order valence-corrected chi connectivity index (χ4v) is 5.20. The summed E-state index contributed by atoms with van der Waals surface area (Å²) in [5.74, 6) is -1.01. The lowest BCUT2D eigenvalue weighted by atomic mass is 9.85. The molecule has 204 valence electrons. The quantitative estimate of drug-likeness (QED) is 0.399. The Labute approximate surface area is 228 Å². The Morgan fingerprint density at radius 1 is 1.19 bits per heavy atom. The maximum absolute atomic E-state index is 13.5. The molecule has 4 N–H and O–H groups in total. The van der Waals surface area contributed by atoms with Gasteiger partial charge in [-0.2, -0.15) is 0 Å². The van der Waals surface area contributed by atoms with Crippen LogP contribution < -0.4 is 16.0 Å². The minimum absolute atomic E-state index is 0. The number of carbonyl (C=O) groups excluding carboxylic acids is 3. The first-order valence-electron chi connectivity index (χ1n) is 12.2. The van der Waals surface area contributed by atoms with Gasteiger partial charge in [0.15, 0.2) is 0 Å². The summed E-state index contributed by atoms with van der Waals surface area (Å²) >= 11 is 1.59. The second-order valence-electron chi connectivity index (χ2n) is 10.4. The maximum Gasteiger partial charge on any atom is 0.246 e. The van der Waals surface area contributed by atoms with Crippen LogP contribution in [0.25, 0.3) is 10.4 Å². The molecule has 2 heterocycles. The number of aryl methyl sites for hydroxylation is 1. The predicted octanol–water partition coefficient (Wildman–Crippen LogP) is 2.43. The number of halogens is 1. The van der Waals surface area contributed by atoms with Gasteiger partial charge in [-0.15, -0.1) is 23.7 Å². The van der Waals surface area contributed by atoms with E-state index in [0.29, 0.717) is 0 Å². The third kappa shape index (κ3) is 7.50. The van der Waals surface area contributed by atoms with Crippen molar-refractivity contribution < 1.29 is 19.5 Å². The number of amides is 3. The van der Waals surface area contributed by atoms with E-state index in [1.165, 1.54) is 4.90 Å². The number of benzene rings is 1. The van der Waals surface area contributed by atoms with E-state index >= 15 is 0 Å². The largest absolute Gasteiger partial charge is 0.391 e. The Morgan fingerprint density at radius 2 is 1.84 bits per heavy atom. The van der Waals surface area contributed by atoms with Crippen LogP contribution in [0.2, 0.25) is 0 Å². The molecular formula is C26H38ClN5O4S. The van der Waals surface area contributed by atoms with Crippen molar-refractivity contribution in [1.82, 2.24) is 25.8 Å². The summed E-state index contributed by atoms with van der Waals surface area (Å²) in [5, 5.41) is 18.9. The first kappa shape index (κ1) is 30.7. The lowest BCUT2D eigenvalue weighted by molar-refractivity contribution is -0.144. The van der Waals surface area contributed by atoms with Gasteiger partial charge in [-0.3, -0.25) is 14.4 Å². The van der Waals surface area contributed by atoms with Crippen molar-refractivity contribution in [3.05, 3.63) is 41.0 Å². The molecule has 3 amide bonds. The third-order valence-electron chi connectivity index (χ3n) is 6.40. The van der Waals surface area contributed by atoms with E-state index in [-0.39, 0.29) is 55.7 Å². The van der Waals surface area contributed by atoms with Gasteiger partial charge >= 0.3 is 0 Å². The molecule has 9 nitrogen and oxygen atoms in total. The zero-order valence-corrected chi connectivity index (χ0v) is 23.8. The Hall–Kier alpha value is -2.53. The van der Waals surface area contributed by atoms with Gasteiger partial charge in [0.1, 0.15) is 12.1 Å². The molecule has 3 rings (SSSR count). The van der Waals surface area contributed by atoms with Gasteiger partial charge in [-0.1, -0.05) is 45.0 Å². The van der Waals surface area contributed by atoms with Gasteiger partial charge in [0, 0.05) is 13.0 Å². The van der Waals surface area contributed by atoms with Crippen molar-refractivity contribution in [2.24, 2.45) is 5.41 Å². The summed E-state index contributed by atoms with van der Waals surface area (Å²) in [6, 6.07) is 6.01. The van der Waals surface area contributed by atoms with Gasteiger partial charge in [-0.25, -0.2) is 4.98 Å². The molecule has 0 bridgehead atoms. The number of β-amino-alcohol motifs (C(OH)–C–C–N with tert-alkyl or cyclic N) is 1. The standard InChI is InChI=1S/C26H37N5O4S.ClH/c1-15(17-7-9-18(10-8-17)22-16(2)28-14-36-22)29-24(34)20-11-19(32)13-31(20)25(35)23(26(3,4)5)30-21(33)12-27-6;/h7-10,14-15,19-20,23,27,32H,11-13H2,1-6H3,(H,29,34)(H,30,33);1H/t15-,19+,20-,23+;/m0./s1. The molecule has 1 fully saturated rings. The SMILES string of the molecule is CNCC(=O)N[C@H](C(=O)N1C[C@H](O)C[C@H]1C(=O)N[C@@H](C)c1ccc(-c2scnc2C)cc1)C(C)(C)C.Cl. The molecule has 1 aliphatic heterocycles. The highest BCUT2D eigenvalue weighted by molar-refractivity contribution is 7.13. The lowest BCUT2D eigenvalue weighted by Gasteiger charge is -2.35. The number of nitrogens with zero attached hydrogens (tertiary/aromatic N) is 2. The monoisotopic (exact) mass is 551 g/mol. The molecule has 0 spiro atoms. The minimum Gasteiger partial charge on any atom is -0.391 e. The fourth-order valence-electron chi connectivity index (χ4n) is 4.39. The number of hydrogen-bond acceptors (Lipinski definition) is 7. The number of rotatable bonds is 8. The fraction of sp³-hybridized carbons (Fsp3) is 0.538. The molecule has 2 aromatic rings. The highest BCUT2D eigenvalue weighted by Gasteiger charge is 2.44. The zero-order valence-electron chi connectivity index (χ0n) is 22.2. The predicted molar refractivity (Wildman–Crippen MR) is 148 cm³/mol. The number of likely N-dealkylation sites (tertiary alicyclic amines) is 1. The second-order valence-corrected chi connectivity index (χ2v) is 11.3. The summed E-state index contributed by atoms with van der Waals surface area (Å²) in [4.78, 5) is 45.8. The van der Waals surface area contributed by atoms with Gasteiger partial charge in [0.25, 0.3) is 0 Å². The van der Waals surface area contributed by atoms with Crippen LogP contribution in [0, 0.1) is 12.3 Å². The van der Waals surface area contributed by atoms with Gasteiger partial charge in [-0.05, 0) is 37.4 Å². The van der Waals surface area contributed by atoms with E-state index in [2.05, 4.69) is 20.9 Å². The normalized spacial score (nSPS) is 19.1. The Bertz CT molecular complexity index is 1090. The van der Waals surface area contributed by atoms with Crippen LogP contribution in [-0.4, -0.2) is 71.0 Å². The smallest absolute Gasteiger partial charge is 0.246 e. The van der Waals surface area contributed by atoms with E-state index in [1.807, 2.05) is 64.4 Å². The zero-order chi connectivity index (χ0) is 26.6. The van der Waals surface area contributed by atoms with E-state index in [4.69, 9.17) is 0 Å². The van der Waals surface area contributed by atoms with E-state index < -0.39 is 23.6 Å². The highest BCUT2D eigenvalue weighted by atomic mass is 35.5. The third-order valence-corrected chi connectivity index (χ3v) is 7.38. The Kier molecular flexibility index (Phi) is 10.6. The Balaban J connectivity index is 0.00000481. The number of nitrogens with one attached hydrogen (secondary N) is 3. The molecule has 37 heavy (non-hydrogen) atoms. The van der Waals surface area contributed by atoms with Crippen molar-refractivity contribution in [2.45, 2.75) is 65.3 Å². The van der Waals surface area contributed by atoms with Crippen LogP contribution >= 0.6 is 23.7 Å². The topological polar surface area (TPSA) is 124 Å². The van der Waals surface area contributed by atoms with Crippen molar-refractivity contribution in [3.8, 4) is 10.4 Å². The molecule has 1 aliphatic rings. The first-order valence-corrected chi connectivity index (χ1v) is 13.0. The minimum atomic E-state index is -0.834. The summed E-state index contributed by atoms with van der Waals surface area (Å²) in [6.45, 7) is 9.55. The van der Waals surface area contributed by atoms with Gasteiger partial charge in [0.2, 0.25) is 17.7 Å². The molecule has 1 aromatic carbocycles. The number of hydrogen-bond donors (Lipinski definition) is 4. The van der Waals surface area contributed by atoms with Crippen LogP contribution in [0.1, 0.15) is 51.4 Å². The summed E-state index contributed by atoms with van der Waals surface area (Å²) in [7, 11) is 1.65. The molecule has 0 saturated carbocycles. The molecular weight excluding hydrogens is 514 g/mol. The van der Waals surface area contributed by atoms with Crippen molar-refractivity contribution in [1.29, 1.82) is 0 Å². The van der Waals surface area contributed by atoms with E-state index in [0.717, 1.165) is 21.7 Å². The first-order chi connectivity index (χ1) is 16.9. The van der Waals surface area contributed by atoms with Crippen molar-refractivity contribution >= 4 is 41.5 Å². The molecule has 11 heteroatoms. The van der Waals surface area contributed by atoms with Crippen LogP contribution in [0.4, 0.5) is 0 Å². The molecule has 4 atom stereocenters. The van der Waals surface area contributed by atoms with Crippen LogP contribution in [0.5, 0.6) is 0 Å². The molecule has 0 aliphatic carbocycles. The van der Waals surface area contributed by atoms with Crippen molar-refractivity contribution in [3.63, 3.8) is 0 Å². The molecule has 0 unspecified atom stereocenters. The highest BCUT2D eigenvalue weighted by Crippen LogP contribution is 2.29. The van der Waals surface area contributed by atoms with Crippen molar-refractivity contribution in [2.75, 3.05) is 20.1 Å². The summed E-state index contributed by atoms with van der Waals surface area (Å²) < 4.78 is 0. The average molecular weight is 552 g/mol. The van der Waals surface area contributed by atoms with E-state index in [9.17, 15) is 19.5 Å². The number of likely N-dealkylation sites (N-methyl/N-ethyl adjacent to an activating group) is 1. The molecule has 0 radical (unpaired) electrons. The average Bonchev–Trinajstić information content (AvgIpc) is 3.42. The second kappa shape index (κ2) is 12.8. The number of aliphatic hydroxyl groups is 1. The Morgan fingerprint density at radius 3 is 2.38 bits per heavy atom. The summed E-state index contributed by atoms with van der Waals surface area (Å²) in [5.41, 5.74) is 4.22. The maximum atomic E-state index is 13.5. The number of aromatic nitrogens is 1. The van der Waals surface area contributed by atoms with Crippen LogP contribution in [-0.2, 0) is 14.4 Å². The van der Waals surface area contributed by atoms with Gasteiger partial charge in [0.05, 0.1) is 34.8 Å². The van der Waals surface area contributed by atoms with Gasteiger partial charge < -0.3 is 26.0 Å². The number of aliphatic hydroxyl groups excluding tert-OH is 1.